The Morgan fingerprint density at radius 2 is 2.00 bits per heavy atom. The van der Waals surface area contributed by atoms with Gasteiger partial charge >= 0.3 is 0 Å². The van der Waals surface area contributed by atoms with Crippen molar-refractivity contribution in [3.8, 4) is 0 Å². The molecule has 2 bridgehead atoms. The van der Waals surface area contributed by atoms with Gasteiger partial charge < -0.3 is 5.11 Å². The minimum atomic E-state index is -0.543. The molecule has 3 rings (SSSR count). The molecule has 11 heavy (non-hydrogen) atoms. The smallest absolute Gasteiger partial charge is 0.0833 e. The molecule has 0 spiro atoms. The Labute approximate surface area is 68.1 Å². The van der Waals surface area contributed by atoms with Gasteiger partial charge in [0, 0.05) is 0 Å². The number of allylic oxidation sites excluding steroid dienone is 1. The van der Waals surface area contributed by atoms with Crippen LogP contribution in [0.3, 0.4) is 0 Å². The van der Waals surface area contributed by atoms with Gasteiger partial charge in [-0.2, -0.15) is 0 Å². The molecule has 0 heterocycles. The first-order valence-corrected chi connectivity index (χ1v) is 4.36. The highest BCUT2D eigenvalue weighted by Crippen LogP contribution is 2.59. The van der Waals surface area contributed by atoms with Crippen LogP contribution in [-0.2, 0) is 0 Å². The lowest BCUT2D eigenvalue weighted by Gasteiger charge is -2.59. The van der Waals surface area contributed by atoms with E-state index in [4.69, 9.17) is 0 Å². The first kappa shape index (κ1) is 7.35. The van der Waals surface area contributed by atoms with Crippen LogP contribution < -0.4 is 0 Å². The number of rotatable bonds is 0. The molecule has 0 aromatic rings. The van der Waals surface area contributed by atoms with E-state index in [1.54, 1.807) is 0 Å². The fourth-order valence-electron chi connectivity index (χ4n) is 2.70. The molecule has 3 aliphatic rings. The number of hydrogen-bond acceptors (Lipinski definition) is 1. The molecule has 0 aromatic carbocycles. The normalized spacial score (nSPS) is 52.0. The highest BCUT2D eigenvalue weighted by atomic mass is 16.3. The van der Waals surface area contributed by atoms with Crippen molar-refractivity contribution >= 4 is 0 Å². The summed E-state index contributed by atoms with van der Waals surface area (Å²) >= 11 is 0. The molecule has 1 fully saturated rings. The Kier molecular flexibility index (Phi) is 1.15. The van der Waals surface area contributed by atoms with Crippen LogP contribution in [0.1, 0.15) is 27.2 Å². The maximum Gasteiger partial charge on any atom is 0.0833 e. The summed E-state index contributed by atoms with van der Waals surface area (Å²) < 4.78 is 0. The molecule has 3 atom stereocenters. The molecule has 62 valence electrons. The molecule has 0 unspecified atom stereocenters. The van der Waals surface area contributed by atoms with Gasteiger partial charge in [0.05, 0.1) is 5.60 Å². The summed E-state index contributed by atoms with van der Waals surface area (Å²) in [5.41, 5.74) is -0.212. The largest absolute Gasteiger partial charge is 0.386 e. The van der Waals surface area contributed by atoms with Gasteiger partial charge in [-0.05, 0) is 30.6 Å². The first-order valence-electron chi connectivity index (χ1n) is 4.36. The number of aliphatic hydroxyl groups is 1. The van der Waals surface area contributed by atoms with Crippen molar-refractivity contribution in [2.24, 2.45) is 17.3 Å². The average Bonchev–Trinajstić information content (AvgIpc) is 1.84. The Morgan fingerprint density at radius 3 is 2.27 bits per heavy atom. The molecular weight excluding hydrogens is 136 g/mol. The summed E-state index contributed by atoms with van der Waals surface area (Å²) in [6.07, 6.45) is 5.33. The summed E-state index contributed by atoms with van der Waals surface area (Å²) in [5, 5.41) is 9.93. The highest BCUT2D eigenvalue weighted by molar-refractivity contribution is 5.22. The van der Waals surface area contributed by atoms with Crippen LogP contribution in [-0.4, -0.2) is 10.7 Å². The van der Waals surface area contributed by atoms with Crippen LogP contribution in [0.2, 0.25) is 0 Å². The van der Waals surface area contributed by atoms with Gasteiger partial charge in [-0.25, -0.2) is 0 Å². The van der Waals surface area contributed by atoms with E-state index in [2.05, 4.69) is 19.9 Å². The average molecular weight is 152 g/mol. The van der Waals surface area contributed by atoms with Gasteiger partial charge in [-0.3, -0.25) is 0 Å². The molecule has 1 heteroatoms. The lowest BCUT2D eigenvalue weighted by molar-refractivity contribution is -0.121. The second-order valence-corrected chi connectivity index (χ2v) is 4.80. The fraction of sp³-hybridized carbons (Fsp3) is 0.800. The van der Waals surface area contributed by atoms with E-state index in [9.17, 15) is 5.11 Å². The van der Waals surface area contributed by atoms with E-state index in [1.807, 2.05) is 13.0 Å². The maximum atomic E-state index is 9.93. The van der Waals surface area contributed by atoms with E-state index in [-0.39, 0.29) is 0 Å². The van der Waals surface area contributed by atoms with Crippen molar-refractivity contribution < 1.29 is 5.11 Å². The Balaban J connectivity index is 2.36. The minimum absolute atomic E-state index is 0.332. The molecule has 0 radical (unpaired) electrons. The van der Waals surface area contributed by atoms with Gasteiger partial charge in [0.15, 0.2) is 0 Å². The Morgan fingerprint density at radius 1 is 1.36 bits per heavy atom. The summed E-state index contributed by atoms with van der Waals surface area (Å²) in [7, 11) is 0. The van der Waals surface area contributed by atoms with Crippen LogP contribution in [0.25, 0.3) is 0 Å². The molecule has 0 aromatic heterocycles. The lowest BCUT2D eigenvalue weighted by atomic mass is 9.47. The van der Waals surface area contributed by atoms with E-state index in [1.165, 1.54) is 6.42 Å². The molecule has 1 N–H and O–H groups in total. The molecule has 1 nitrogen and oxygen atoms in total. The van der Waals surface area contributed by atoms with E-state index < -0.39 is 5.60 Å². The number of hydrogen-bond donors (Lipinski definition) is 1. The quantitative estimate of drug-likeness (QED) is 0.526. The van der Waals surface area contributed by atoms with Crippen LogP contribution in [0, 0.1) is 17.3 Å². The van der Waals surface area contributed by atoms with Crippen molar-refractivity contribution in [2.45, 2.75) is 32.8 Å². The topological polar surface area (TPSA) is 20.2 Å². The van der Waals surface area contributed by atoms with E-state index in [0.717, 1.165) is 0 Å². The van der Waals surface area contributed by atoms with Gasteiger partial charge in [-0.1, -0.05) is 26.0 Å². The third-order valence-corrected chi connectivity index (χ3v) is 3.71. The van der Waals surface area contributed by atoms with Crippen molar-refractivity contribution in [2.75, 3.05) is 0 Å². The molecular formula is C10H16O. The van der Waals surface area contributed by atoms with Gasteiger partial charge in [0.2, 0.25) is 0 Å². The van der Waals surface area contributed by atoms with Gasteiger partial charge in [0.25, 0.3) is 0 Å². The number of fused-ring (bicyclic) bond motifs is 1. The van der Waals surface area contributed by atoms with Crippen LogP contribution in [0.4, 0.5) is 0 Å². The fourth-order valence-corrected chi connectivity index (χ4v) is 2.70. The maximum absolute atomic E-state index is 9.93. The van der Waals surface area contributed by atoms with Gasteiger partial charge in [0.1, 0.15) is 0 Å². The second kappa shape index (κ2) is 1.71. The monoisotopic (exact) mass is 152 g/mol. The molecule has 0 saturated heterocycles. The zero-order valence-corrected chi connectivity index (χ0v) is 7.46. The third kappa shape index (κ3) is 0.750. The van der Waals surface area contributed by atoms with Crippen LogP contribution in [0.5, 0.6) is 0 Å². The van der Waals surface area contributed by atoms with Crippen molar-refractivity contribution in [3.05, 3.63) is 12.2 Å². The standard InChI is InChI=1S/C10H16O/c1-9(2)7-4-5-10(3,11)8(9)6-7/h4-5,7-8,11H,6H2,1-3H3/t7-,8+,10+/m1/s1. The summed E-state index contributed by atoms with van der Waals surface area (Å²) in [6.45, 7) is 6.43. The van der Waals surface area contributed by atoms with Crippen LogP contribution >= 0.6 is 0 Å². The first-order chi connectivity index (χ1) is 4.94. The van der Waals surface area contributed by atoms with E-state index >= 15 is 0 Å². The lowest BCUT2D eigenvalue weighted by Crippen LogP contribution is -2.57. The van der Waals surface area contributed by atoms with Crippen LogP contribution in [0.15, 0.2) is 12.2 Å². The van der Waals surface area contributed by atoms with Crippen molar-refractivity contribution in [1.82, 2.24) is 0 Å². The molecule has 3 aliphatic carbocycles. The Bertz CT molecular complexity index is 213. The summed E-state index contributed by atoms with van der Waals surface area (Å²) in [5.74, 6) is 1.19. The molecule has 0 amide bonds. The predicted octanol–water partition coefficient (Wildman–Crippen LogP) is 1.97. The highest BCUT2D eigenvalue weighted by Gasteiger charge is 2.56. The Hall–Kier alpha value is -0.300. The van der Waals surface area contributed by atoms with E-state index in [0.29, 0.717) is 17.3 Å². The molecule has 1 saturated carbocycles. The van der Waals surface area contributed by atoms with Crippen molar-refractivity contribution in [1.29, 1.82) is 0 Å². The SMILES string of the molecule is CC1(C)[C@@H]2C=C[C@](C)(O)[C@H]1C2. The predicted molar refractivity (Wildman–Crippen MR) is 45.1 cm³/mol. The minimum Gasteiger partial charge on any atom is -0.386 e. The van der Waals surface area contributed by atoms with Gasteiger partial charge in [-0.15, -0.1) is 0 Å². The molecule has 0 aliphatic heterocycles. The zero-order chi connectivity index (χ0) is 8.28. The van der Waals surface area contributed by atoms with Crippen molar-refractivity contribution in [3.63, 3.8) is 0 Å². The zero-order valence-electron chi connectivity index (χ0n) is 7.46. The summed E-state index contributed by atoms with van der Waals surface area (Å²) in [6, 6.07) is 0. The second-order valence-electron chi connectivity index (χ2n) is 4.80. The third-order valence-electron chi connectivity index (χ3n) is 3.71. The summed E-state index contributed by atoms with van der Waals surface area (Å²) in [4.78, 5) is 0.